The maximum absolute atomic E-state index is 17.2. The van der Waals surface area contributed by atoms with E-state index < -0.39 is 135 Å². The molecule has 0 radical (unpaired) electrons. The lowest BCUT2D eigenvalue weighted by Gasteiger charge is -2.63. The molecule has 0 amide bonds. The van der Waals surface area contributed by atoms with Crippen LogP contribution in [0.25, 0.3) is 5.47 Å². The van der Waals surface area contributed by atoms with Crippen molar-refractivity contribution >= 4 is 58.5 Å². The van der Waals surface area contributed by atoms with Gasteiger partial charge in [0.05, 0.1) is 10.6 Å². The van der Waals surface area contributed by atoms with Crippen molar-refractivity contribution in [3.05, 3.63) is 219 Å². The van der Waals surface area contributed by atoms with E-state index in [2.05, 4.69) is 0 Å². The van der Waals surface area contributed by atoms with Crippen LogP contribution in [-0.4, -0.2) is 5.87 Å². The molecule has 0 aliphatic carbocycles. The molecular weight excluding hydrogens is 886 g/mol. The summed E-state index contributed by atoms with van der Waals surface area (Å²) < 4.78 is 243. The summed E-state index contributed by atoms with van der Waals surface area (Å²) in [6.07, 6.45) is 0. The Morgan fingerprint density at radius 3 is 0.871 bits per heavy atom. The van der Waals surface area contributed by atoms with Gasteiger partial charge in [0.2, 0.25) is 5.82 Å². The first-order chi connectivity index (χ1) is 29.6. The second-order valence-electron chi connectivity index (χ2n) is 13.9. The number of hydrogen-bond donors (Lipinski definition) is 0. The highest BCUT2D eigenvalue weighted by Crippen LogP contribution is 2.88. The van der Waals surface area contributed by atoms with E-state index in [1.54, 1.807) is 0 Å². The fourth-order valence-electron chi connectivity index (χ4n) is 8.64. The third-order valence-corrected chi connectivity index (χ3v) is 19.9. The quantitative estimate of drug-likeness (QED) is 0.0469. The smallest absolute Gasteiger partial charge is 0.207 e. The van der Waals surface area contributed by atoms with Gasteiger partial charge in [-0.25, -0.2) is 65.9 Å². The molecular formula is C44H20BF15P2. The average Bonchev–Trinajstić information content (AvgIpc) is 3.30. The molecule has 314 valence electrons. The Bertz CT molecular complexity index is 2730. The maximum Gasteiger partial charge on any atom is 0.278 e. The van der Waals surface area contributed by atoms with Gasteiger partial charge in [0, 0.05) is 18.5 Å². The van der Waals surface area contributed by atoms with Crippen LogP contribution in [0.2, 0.25) is 0 Å². The zero-order valence-electron chi connectivity index (χ0n) is 30.7. The summed E-state index contributed by atoms with van der Waals surface area (Å²) in [7, 11) is -7.99. The number of benzene rings is 7. The van der Waals surface area contributed by atoms with Gasteiger partial charge in [-0.05, 0) is 42.0 Å². The molecule has 7 aromatic rings. The molecule has 1 aliphatic rings. The second-order valence-corrected chi connectivity index (χ2v) is 20.1. The van der Waals surface area contributed by atoms with Gasteiger partial charge >= 0.3 is 0 Å². The highest BCUT2D eigenvalue weighted by atomic mass is 31.2. The van der Waals surface area contributed by atoms with E-state index in [0.717, 1.165) is 24.3 Å². The second kappa shape index (κ2) is 15.8. The normalized spacial score (nSPS) is 14.4. The molecule has 0 atom stereocenters. The minimum atomic E-state index is -5.52. The largest absolute Gasteiger partial charge is 0.278 e. The van der Waals surface area contributed by atoms with Gasteiger partial charge in [-0.3, -0.25) is 0 Å². The molecule has 0 saturated carbocycles. The van der Waals surface area contributed by atoms with Gasteiger partial charge in [0.25, 0.3) is 5.87 Å². The number of rotatable bonds is 8. The minimum Gasteiger partial charge on any atom is -0.207 e. The van der Waals surface area contributed by atoms with Crippen LogP contribution in [0.1, 0.15) is 5.56 Å². The van der Waals surface area contributed by atoms with Crippen LogP contribution in [0, 0.1) is 87.3 Å². The number of hydrogen-bond acceptors (Lipinski definition) is 0. The molecule has 0 bridgehead atoms. The van der Waals surface area contributed by atoms with Crippen molar-refractivity contribution in [1.82, 2.24) is 0 Å². The molecule has 0 unspecified atom stereocenters. The fourth-order valence-corrected chi connectivity index (χ4v) is 19.9. The molecule has 0 saturated heterocycles. The van der Waals surface area contributed by atoms with Crippen LogP contribution in [-0.2, 0) is 0 Å². The molecule has 1 aliphatic heterocycles. The molecule has 62 heavy (non-hydrogen) atoms. The predicted molar refractivity (Wildman–Crippen MR) is 209 cm³/mol. The summed E-state index contributed by atoms with van der Waals surface area (Å²) in [6.45, 7) is 0. The van der Waals surface area contributed by atoms with Gasteiger partial charge in [-0.15, -0.1) is 5.47 Å². The van der Waals surface area contributed by atoms with Crippen molar-refractivity contribution in [2.45, 2.75) is 0 Å². The van der Waals surface area contributed by atoms with Gasteiger partial charge in [0.15, 0.2) is 58.2 Å². The Morgan fingerprint density at radius 1 is 0.306 bits per heavy atom. The van der Waals surface area contributed by atoms with Crippen molar-refractivity contribution in [2.75, 3.05) is 0 Å². The minimum absolute atomic E-state index is 0.112. The zero-order chi connectivity index (χ0) is 44.6. The van der Waals surface area contributed by atoms with Crippen LogP contribution >= 0.6 is 15.1 Å². The monoisotopic (exact) mass is 906 g/mol. The van der Waals surface area contributed by atoms with Crippen molar-refractivity contribution in [2.24, 2.45) is 0 Å². The Kier molecular flexibility index (Phi) is 10.9. The van der Waals surface area contributed by atoms with Gasteiger partial charge in [-0.1, -0.05) is 108 Å². The predicted octanol–water partition coefficient (Wildman–Crippen LogP) is 10.6. The number of halogens is 15. The molecule has 18 heteroatoms. The third-order valence-electron chi connectivity index (χ3n) is 10.9. The average molecular weight is 906 g/mol. The fraction of sp³-hybridized carbons (Fsp3) is 0. The summed E-state index contributed by atoms with van der Waals surface area (Å²) in [5.74, 6) is -48.5. The summed E-state index contributed by atoms with van der Waals surface area (Å²) >= 11 is 0. The van der Waals surface area contributed by atoms with E-state index in [1.165, 1.54) is 97.1 Å². The van der Waals surface area contributed by atoms with Crippen LogP contribution < -0.4 is 32.1 Å². The first-order valence-corrected chi connectivity index (χ1v) is 21.1. The highest BCUT2D eigenvalue weighted by Gasteiger charge is 2.75. The molecule has 7 aromatic carbocycles. The summed E-state index contributed by atoms with van der Waals surface area (Å²) in [5.41, 5.74) is -8.57. The van der Waals surface area contributed by atoms with Crippen LogP contribution in [0.4, 0.5) is 65.9 Å². The van der Waals surface area contributed by atoms with Crippen molar-refractivity contribution in [1.29, 1.82) is 0 Å². The molecule has 1 heterocycles. The summed E-state index contributed by atoms with van der Waals surface area (Å²) in [4.78, 5) is 0. The third kappa shape index (κ3) is 5.75. The van der Waals surface area contributed by atoms with E-state index in [-0.39, 0.29) is 21.2 Å². The van der Waals surface area contributed by atoms with Crippen LogP contribution in [0.5, 0.6) is 0 Å². The molecule has 8 rings (SSSR count). The maximum atomic E-state index is 17.2. The Morgan fingerprint density at radius 2 is 0.565 bits per heavy atom. The first-order valence-electron chi connectivity index (χ1n) is 17.9. The highest BCUT2D eigenvalue weighted by molar-refractivity contribution is 8.32. The Labute approximate surface area is 342 Å². The lowest BCUT2D eigenvalue weighted by atomic mass is 9.31. The first kappa shape index (κ1) is 42.8. The van der Waals surface area contributed by atoms with Crippen LogP contribution in [0.15, 0.2) is 126 Å². The Hall–Kier alpha value is -5.85. The molecule has 0 fully saturated rings. The van der Waals surface area contributed by atoms with E-state index in [1.807, 2.05) is 0 Å². The molecule has 0 N–H and O–H groups in total. The van der Waals surface area contributed by atoms with Gasteiger partial charge < -0.3 is 0 Å². The van der Waals surface area contributed by atoms with E-state index in [0.29, 0.717) is 0 Å². The SMILES string of the molecule is Fc1c(F)c(F)c(C2=C(P(c3ccccc3)c3ccccc3)[P+](c3ccccc3)(c3ccccc3)[B-]2(c2c(F)c(F)c(F)c(F)c2F)c2c(F)c(F)c(F)c(F)c2F)c(F)c1F. The molecule has 0 nitrogen and oxygen atoms in total. The summed E-state index contributed by atoms with van der Waals surface area (Å²) in [6, 6.07) is 26.4. The van der Waals surface area contributed by atoms with E-state index >= 15 is 61.5 Å². The topological polar surface area (TPSA) is 0 Å². The molecule has 0 aromatic heterocycles. The lowest BCUT2D eigenvalue weighted by molar-refractivity contribution is 0.376. The van der Waals surface area contributed by atoms with Crippen molar-refractivity contribution in [3.63, 3.8) is 0 Å². The lowest BCUT2D eigenvalue weighted by Crippen LogP contribution is -2.74. The zero-order valence-corrected chi connectivity index (χ0v) is 32.5. The van der Waals surface area contributed by atoms with E-state index in [4.69, 9.17) is 0 Å². The summed E-state index contributed by atoms with van der Waals surface area (Å²) in [5, 5.41) is -1.14. The van der Waals surface area contributed by atoms with Crippen LogP contribution in [0.3, 0.4) is 0 Å². The molecule has 0 spiro atoms. The Balaban J connectivity index is 1.86. The van der Waals surface area contributed by atoms with Crippen molar-refractivity contribution < 1.29 is 65.9 Å². The van der Waals surface area contributed by atoms with Gasteiger partial charge in [0.1, 0.15) is 23.3 Å². The van der Waals surface area contributed by atoms with E-state index in [9.17, 15) is 4.39 Å². The van der Waals surface area contributed by atoms with Gasteiger partial charge in [-0.2, -0.15) is 0 Å². The van der Waals surface area contributed by atoms with Crippen molar-refractivity contribution in [3.8, 4) is 0 Å². The standard InChI is InChI=1S/C44H20BF15P2/c46-29-25(30(47)36(53)41(58)35(29)52)26-44(61(21-13-5-1-6-14-21)22-15-7-2-8-16-22)62(23-17-9-3-10-18-23,24-19-11-4-12-20-24)45(26,27-31(48)37(54)42(59)38(55)32(27)49)28-33(50)39(56)43(60)40(57)34(28)51/h1-20H.